The average Bonchev–Trinajstić information content (AvgIpc) is 2.87. The van der Waals surface area contributed by atoms with Crippen LogP contribution in [-0.2, 0) is 21.2 Å². The SMILES string of the molecule is CCOc1ccccc1CCCNC(=O)CN(c1ccccc1OCC)S(=O)(=O)c1ccc(C)cc1. The van der Waals surface area contributed by atoms with Crippen LogP contribution in [0.3, 0.4) is 0 Å². The molecule has 0 unspecified atom stereocenters. The van der Waals surface area contributed by atoms with Crippen LogP contribution >= 0.6 is 0 Å². The molecule has 192 valence electrons. The first-order valence-corrected chi connectivity index (χ1v) is 13.6. The van der Waals surface area contributed by atoms with Gasteiger partial charge in [-0.15, -0.1) is 0 Å². The van der Waals surface area contributed by atoms with Gasteiger partial charge in [0.15, 0.2) is 0 Å². The van der Waals surface area contributed by atoms with Crippen molar-refractivity contribution in [2.75, 3.05) is 30.6 Å². The van der Waals surface area contributed by atoms with E-state index in [1.165, 1.54) is 0 Å². The van der Waals surface area contributed by atoms with Gasteiger partial charge in [0.1, 0.15) is 18.0 Å². The van der Waals surface area contributed by atoms with Gasteiger partial charge < -0.3 is 14.8 Å². The number of carbonyl (C=O) groups is 1. The zero-order valence-electron chi connectivity index (χ0n) is 21.1. The van der Waals surface area contributed by atoms with E-state index >= 15 is 0 Å². The third-order valence-electron chi connectivity index (χ3n) is 5.55. The lowest BCUT2D eigenvalue weighted by molar-refractivity contribution is -0.119. The van der Waals surface area contributed by atoms with Crippen molar-refractivity contribution >= 4 is 21.6 Å². The predicted molar refractivity (Wildman–Crippen MR) is 142 cm³/mol. The van der Waals surface area contributed by atoms with Gasteiger partial charge in [0.05, 0.1) is 23.8 Å². The summed E-state index contributed by atoms with van der Waals surface area (Å²) in [5, 5.41) is 2.86. The second-order valence-electron chi connectivity index (χ2n) is 8.22. The zero-order valence-corrected chi connectivity index (χ0v) is 21.9. The van der Waals surface area contributed by atoms with Gasteiger partial charge in [-0.3, -0.25) is 9.10 Å². The molecule has 0 atom stereocenters. The van der Waals surface area contributed by atoms with Crippen LogP contribution < -0.4 is 19.1 Å². The first-order valence-electron chi connectivity index (χ1n) is 12.2. The van der Waals surface area contributed by atoms with E-state index in [9.17, 15) is 13.2 Å². The summed E-state index contributed by atoms with van der Waals surface area (Å²) >= 11 is 0. The molecule has 7 nitrogen and oxygen atoms in total. The monoisotopic (exact) mass is 510 g/mol. The maximum atomic E-state index is 13.6. The van der Waals surface area contributed by atoms with Crippen LogP contribution in [0.1, 0.15) is 31.4 Å². The van der Waals surface area contributed by atoms with Crippen molar-refractivity contribution in [1.82, 2.24) is 5.32 Å². The molecule has 0 radical (unpaired) electrons. The number of hydrogen-bond donors (Lipinski definition) is 1. The first kappa shape index (κ1) is 27.1. The third kappa shape index (κ3) is 7.01. The molecule has 1 N–H and O–H groups in total. The van der Waals surface area contributed by atoms with Crippen molar-refractivity contribution in [3.8, 4) is 11.5 Å². The number of amides is 1. The first-order chi connectivity index (χ1) is 17.4. The molecule has 3 rings (SSSR count). The van der Waals surface area contributed by atoms with Crippen molar-refractivity contribution in [2.45, 2.75) is 38.5 Å². The van der Waals surface area contributed by atoms with Crippen molar-refractivity contribution < 1.29 is 22.7 Å². The summed E-state index contributed by atoms with van der Waals surface area (Å²) in [7, 11) is -4.02. The highest BCUT2D eigenvalue weighted by atomic mass is 32.2. The smallest absolute Gasteiger partial charge is 0.264 e. The number of benzene rings is 3. The van der Waals surface area contributed by atoms with Gasteiger partial charge in [0, 0.05) is 6.54 Å². The van der Waals surface area contributed by atoms with Crippen LogP contribution in [0, 0.1) is 6.92 Å². The van der Waals surface area contributed by atoms with Crippen molar-refractivity contribution in [3.63, 3.8) is 0 Å². The second kappa shape index (κ2) is 13.0. The van der Waals surface area contributed by atoms with E-state index in [1.807, 2.05) is 45.0 Å². The standard InChI is InChI=1S/C28H34N2O5S/c1-4-34-26-14-8-6-11-23(26)12-10-20-29-28(31)21-30(25-13-7-9-15-27(25)35-5-2)36(32,33)24-18-16-22(3)17-19-24/h6-9,11,13-19H,4-5,10,12,20-21H2,1-3H3,(H,29,31). The molecule has 0 spiro atoms. The Morgan fingerprint density at radius 3 is 2.17 bits per heavy atom. The van der Waals surface area contributed by atoms with Crippen LogP contribution in [0.2, 0.25) is 0 Å². The van der Waals surface area contributed by atoms with Gasteiger partial charge in [-0.1, -0.05) is 48.0 Å². The maximum absolute atomic E-state index is 13.6. The summed E-state index contributed by atoms with van der Waals surface area (Å²) in [5.74, 6) is 0.848. The highest BCUT2D eigenvalue weighted by molar-refractivity contribution is 7.92. The molecule has 0 aliphatic rings. The van der Waals surface area contributed by atoms with Gasteiger partial charge >= 0.3 is 0 Å². The Morgan fingerprint density at radius 1 is 0.861 bits per heavy atom. The lowest BCUT2D eigenvalue weighted by Gasteiger charge is -2.26. The van der Waals surface area contributed by atoms with Crippen molar-refractivity contribution in [1.29, 1.82) is 0 Å². The van der Waals surface area contributed by atoms with E-state index in [0.717, 1.165) is 27.6 Å². The topological polar surface area (TPSA) is 84.9 Å². The number of anilines is 1. The van der Waals surface area contributed by atoms with Crippen molar-refractivity contribution in [2.24, 2.45) is 0 Å². The summed E-state index contributed by atoms with van der Waals surface area (Å²) in [6.45, 7) is 6.65. The van der Waals surface area contributed by atoms with Crippen LogP contribution in [-0.4, -0.2) is 40.6 Å². The van der Waals surface area contributed by atoms with Gasteiger partial charge in [-0.05, 0) is 69.5 Å². The summed E-state index contributed by atoms with van der Waals surface area (Å²) in [4.78, 5) is 13.0. The van der Waals surface area contributed by atoms with E-state index in [-0.39, 0.29) is 11.4 Å². The van der Waals surface area contributed by atoms with Crippen LogP contribution in [0.25, 0.3) is 0 Å². The van der Waals surface area contributed by atoms with Gasteiger partial charge in [0.2, 0.25) is 5.91 Å². The molecule has 0 fully saturated rings. The molecule has 0 saturated carbocycles. The largest absolute Gasteiger partial charge is 0.494 e. The van der Waals surface area contributed by atoms with Gasteiger partial charge in [0.25, 0.3) is 10.0 Å². The van der Waals surface area contributed by atoms with Crippen molar-refractivity contribution in [3.05, 3.63) is 83.9 Å². The third-order valence-corrected chi connectivity index (χ3v) is 7.32. The summed E-state index contributed by atoms with van der Waals surface area (Å²) < 4.78 is 39.7. The zero-order chi connectivity index (χ0) is 26.0. The molecular formula is C28H34N2O5S. The number of ether oxygens (including phenoxy) is 2. The Labute approximate surface area is 214 Å². The average molecular weight is 511 g/mol. The Hall–Kier alpha value is -3.52. The molecule has 3 aromatic rings. The number of nitrogens with zero attached hydrogens (tertiary/aromatic N) is 1. The Morgan fingerprint density at radius 2 is 1.47 bits per heavy atom. The molecule has 8 heteroatoms. The van der Waals surface area contributed by atoms with Crippen LogP contribution in [0.4, 0.5) is 5.69 Å². The fraction of sp³-hybridized carbons (Fsp3) is 0.321. The quantitative estimate of drug-likeness (QED) is 0.336. The highest BCUT2D eigenvalue weighted by Crippen LogP contribution is 2.32. The Kier molecular flexibility index (Phi) is 9.76. The van der Waals surface area contributed by atoms with E-state index in [1.54, 1.807) is 48.5 Å². The fourth-order valence-electron chi connectivity index (χ4n) is 3.78. The lowest BCUT2D eigenvalue weighted by atomic mass is 10.1. The molecule has 0 saturated heterocycles. The summed E-state index contributed by atoms with van der Waals surface area (Å²) in [6, 6.07) is 21.2. The number of para-hydroxylation sites is 3. The number of rotatable bonds is 13. The minimum absolute atomic E-state index is 0.111. The number of sulfonamides is 1. The van der Waals surface area contributed by atoms with Crippen LogP contribution in [0.15, 0.2) is 77.7 Å². The highest BCUT2D eigenvalue weighted by Gasteiger charge is 2.29. The summed E-state index contributed by atoms with van der Waals surface area (Å²) in [6.07, 6.45) is 1.42. The summed E-state index contributed by atoms with van der Waals surface area (Å²) in [5.41, 5.74) is 2.34. The van der Waals surface area contributed by atoms with E-state index < -0.39 is 15.9 Å². The minimum atomic E-state index is -4.02. The molecule has 0 aliphatic heterocycles. The number of nitrogens with one attached hydrogen (secondary N) is 1. The lowest BCUT2D eigenvalue weighted by Crippen LogP contribution is -2.41. The second-order valence-corrected chi connectivity index (χ2v) is 10.1. The molecule has 3 aromatic carbocycles. The Balaban J connectivity index is 1.75. The molecule has 0 heterocycles. The normalized spacial score (nSPS) is 11.1. The van der Waals surface area contributed by atoms with E-state index in [2.05, 4.69) is 5.32 Å². The van der Waals surface area contributed by atoms with E-state index in [0.29, 0.717) is 37.6 Å². The van der Waals surface area contributed by atoms with Gasteiger partial charge in [-0.2, -0.15) is 0 Å². The maximum Gasteiger partial charge on any atom is 0.264 e. The predicted octanol–water partition coefficient (Wildman–Crippen LogP) is 4.74. The van der Waals surface area contributed by atoms with Gasteiger partial charge in [-0.25, -0.2) is 8.42 Å². The number of carbonyl (C=O) groups excluding carboxylic acids is 1. The number of aryl methyl sites for hydroxylation is 2. The van der Waals surface area contributed by atoms with Crippen LogP contribution in [0.5, 0.6) is 11.5 Å². The Bertz CT molecular complexity index is 1240. The molecule has 0 aliphatic carbocycles. The van der Waals surface area contributed by atoms with E-state index in [4.69, 9.17) is 9.47 Å². The molecule has 0 aromatic heterocycles. The number of hydrogen-bond acceptors (Lipinski definition) is 5. The molecular weight excluding hydrogens is 476 g/mol. The molecule has 1 amide bonds. The molecule has 36 heavy (non-hydrogen) atoms. The minimum Gasteiger partial charge on any atom is -0.494 e. The molecule has 0 bridgehead atoms. The fourth-order valence-corrected chi connectivity index (χ4v) is 5.21.